The van der Waals surface area contributed by atoms with Crippen molar-refractivity contribution in [3.8, 4) is 0 Å². The van der Waals surface area contributed by atoms with Crippen molar-refractivity contribution in [2.75, 3.05) is 26.2 Å². The molecule has 0 unspecified atom stereocenters. The van der Waals surface area contributed by atoms with E-state index in [-0.39, 0.29) is 37.6 Å². The van der Waals surface area contributed by atoms with Gasteiger partial charge < -0.3 is 4.90 Å². The fourth-order valence-corrected chi connectivity index (χ4v) is 5.50. The van der Waals surface area contributed by atoms with Gasteiger partial charge in [0.15, 0.2) is 5.78 Å². The maximum absolute atomic E-state index is 12.9. The largest absolute Gasteiger partial charge is 0.340 e. The van der Waals surface area contributed by atoms with Gasteiger partial charge in [-0.05, 0) is 35.6 Å². The molecule has 0 atom stereocenters. The Labute approximate surface area is 176 Å². The van der Waals surface area contributed by atoms with E-state index in [9.17, 15) is 18.0 Å². The van der Waals surface area contributed by atoms with Crippen molar-refractivity contribution in [1.82, 2.24) is 9.21 Å². The van der Waals surface area contributed by atoms with Gasteiger partial charge in [-0.2, -0.15) is 4.31 Å². The number of ketones is 1. The Bertz CT molecular complexity index is 930. The monoisotopic (exact) mass is 434 g/mol. The van der Waals surface area contributed by atoms with Gasteiger partial charge >= 0.3 is 0 Å². The molecule has 0 N–H and O–H groups in total. The van der Waals surface area contributed by atoms with Crippen LogP contribution in [0.5, 0.6) is 0 Å². The number of hydrogen-bond donors (Lipinski definition) is 0. The highest BCUT2D eigenvalue weighted by Crippen LogP contribution is 2.20. The molecule has 1 aromatic carbocycles. The molecule has 1 aliphatic rings. The van der Waals surface area contributed by atoms with Crippen LogP contribution in [0.25, 0.3) is 0 Å². The van der Waals surface area contributed by atoms with Gasteiger partial charge in [-0.15, -0.1) is 11.3 Å². The SMILES string of the molecule is CCCc1ccc(S(=O)(=O)N2CCN(C(=O)CCC(=O)c3cccs3)CC2)cc1. The minimum atomic E-state index is -3.56. The van der Waals surface area contributed by atoms with Crippen LogP contribution < -0.4 is 0 Å². The molecule has 0 bridgehead atoms. The first-order valence-corrected chi connectivity index (χ1v) is 12.2. The minimum absolute atomic E-state index is 0.0268. The Kier molecular flexibility index (Phi) is 7.21. The number of piperazine rings is 1. The van der Waals surface area contributed by atoms with Crippen LogP contribution in [0.15, 0.2) is 46.7 Å². The van der Waals surface area contributed by atoms with Crippen molar-refractivity contribution in [3.05, 3.63) is 52.2 Å². The van der Waals surface area contributed by atoms with Gasteiger partial charge in [0, 0.05) is 39.0 Å². The van der Waals surface area contributed by atoms with Crippen LogP contribution in [-0.2, 0) is 21.2 Å². The van der Waals surface area contributed by atoms with E-state index in [1.807, 2.05) is 23.6 Å². The van der Waals surface area contributed by atoms with E-state index < -0.39 is 10.0 Å². The summed E-state index contributed by atoms with van der Waals surface area (Å²) in [6.45, 7) is 3.31. The summed E-state index contributed by atoms with van der Waals surface area (Å²) in [5.74, 6) is -0.128. The Balaban J connectivity index is 1.52. The molecule has 0 saturated carbocycles. The molecule has 8 heteroatoms. The van der Waals surface area contributed by atoms with Crippen LogP contribution in [0.1, 0.15) is 41.4 Å². The van der Waals surface area contributed by atoms with Crippen molar-refractivity contribution in [3.63, 3.8) is 0 Å². The molecule has 29 heavy (non-hydrogen) atoms. The Hall–Kier alpha value is -2.03. The first-order chi connectivity index (χ1) is 13.9. The molecule has 1 aromatic heterocycles. The normalized spacial score (nSPS) is 15.4. The predicted octanol–water partition coefficient (Wildman–Crippen LogP) is 3.20. The van der Waals surface area contributed by atoms with Gasteiger partial charge in [-0.3, -0.25) is 9.59 Å². The average molecular weight is 435 g/mol. The molecule has 6 nitrogen and oxygen atoms in total. The Morgan fingerprint density at radius 3 is 2.28 bits per heavy atom. The fraction of sp³-hybridized carbons (Fsp3) is 0.429. The number of rotatable bonds is 8. The highest BCUT2D eigenvalue weighted by Gasteiger charge is 2.30. The smallest absolute Gasteiger partial charge is 0.243 e. The maximum atomic E-state index is 12.9. The first-order valence-electron chi connectivity index (χ1n) is 9.85. The molecule has 1 aliphatic heterocycles. The first kappa shape index (κ1) is 21.7. The zero-order chi connectivity index (χ0) is 20.9. The molecule has 0 spiro atoms. The van der Waals surface area contributed by atoms with E-state index in [2.05, 4.69) is 6.92 Å². The summed E-state index contributed by atoms with van der Waals surface area (Å²) in [4.78, 5) is 27.1. The van der Waals surface area contributed by atoms with Gasteiger partial charge in [-0.1, -0.05) is 31.5 Å². The summed E-state index contributed by atoms with van der Waals surface area (Å²) in [6.07, 6.45) is 2.28. The number of nitrogens with zero attached hydrogens (tertiary/aromatic N) is 2. The van der Waals surface area contributed by atoms with Crippen molar-refractivity contribution >= 4 is 33.1 Å². The highest BCUT2D eigenvalue weighted by atomic mass is 32.2. The second kappa shape index (κ2) is 9.65. The molecule has 1 amide bonds. The molecule has 2 heterocycles. The van der Waals surface area contributed by atoms with Crippen molar-refractivity contribution < 1.29 is 18.0 Å². The summed E-state index contributed by atoms with van der Waals surface area (Å²) in [5, 5.41) is 1.84. The van der Waals surface area contributed by atoms with Gasteiger partial charge in [0.2, 0.25) is 15.9 Å². The number of carbonyl (C=O) groups is 2. The molecule has 2 aromatic rings. The number of carbonyl (C=O) groups excluding carboxylic acids is 2. The third kappa shape index (κ3) is 5.32. The topological polar surface area (TPSA) is 74.8 Å². The number of sulfonamides is 1. The van der Waals surface area contributed by atoms with Crippen molar-refractivity contribution in [1.29, 1.82) is 0 Å². The lowest BCUT2D eigenvalue weighted by Crippen LogP contribution is -2.50. The molecule has 1 saturated heterocycles. The van der Waals surface area contributed by atoms with E-state index in [0.29, 0.717) is 22.9 Å². The van der Waals surface area contributed by atoms with E-state index in [4.69, 9.17) is 0 Å². The molecule has 156 valence electrons. The molecule has 0 aliphatic carbocycles. The zero-order valence-electron chi connectivity index (χ0n) is 16.5. The van der Waals surface area contributed by atoms with Crippen LogP contribution in [0.2, 0.25) is 0 Å². The maximum Gasteiger partial charge on any atom is 0.243 e. The zero-order valence-corrected chi connectivity index (χ0v) is 18.2. The number of benzene rings is 1. The van der Waals surface area contributed by atoms with E-state index in [1.54, 1.807) is 23.1 Å². The third-order valence-corrected chi connectivity index (χ3v) is 7.88. The Morgan fingerprint density at radius 2 is 1.69 bits per heavy atom. The lowest BCUT2D eigenvalue weighted by Gasteiger charge is -2.34. The lowest BCUT2D eigenvalue weighted by atomic mass is 10.1. The molecular weight excluding hydrogens is 408 g/mol. The second-order valence-corrected chi connectivity index (χ2v) is 9.96. The quantitative estimate of drug-likeness (QED) is 0.598. The van der Waals surface area contributed by atoms with Crippen LogP contribution in [-0.4, -0.2) is 55.5 Å². The van der Waals surface area contributed by atoms with Crippen LogP contribution in [0.3, 0.4) is 0 Å². The van der Waals surface area contributed by atoms with Gasteiger partial charge in [-0.25, -0.2) is 8.42 Å². The van der Waals surface area contributed by atoms with Gasteiger partial charge in [0.05, 0.1) is 9.77 Å². The van der Waals surface area contributed by atoms with Crippen LogP contribution in [0, 0.1) is 0 Å². The average Bonchev–Trinajstić information content (AvgIpc) is 3.27. The van der Waals surface area contributed by atoms with E-state index in [1.165, 1.54) is 15.6 Å². The number of thiophene rings is 1. The van der Waals surface area contributed by atoms with Crippen LogP contribution >= 0.6 is 11.3 Å². The highest BCUT2D eigenvalue weighted by molar-refractivity contribution is 7.89. The van der Waals surface area contributed by atoms with Crippen molar-refractivity contribution in [2.45, 2.75) is 37.5 Å². The fourth-order valence-electron chi connectivity index (χ4n) is 3.38. The Morgan fingerprint density at radius 1 is 1.00 bits per heavy atom. The summed E-state index contributed by atoms with van der Waals surface area (Å²) in [7, 11) is -3.56. The number of Topliss-reactive ketones (excluding diaryl/α,β-unsaturated/α-hetero) is 1. The third-order valence-electron chi connectivity index (χ3n) is 5.05. The predicted molar refractivity (Wildman–Crippen MR) is 114 cm³/mol. The van der Waals surface area contributed by atoms with Crippen molar-refractivity contribution in [2.24, 2.45) is 0 Å². The summed E-state index contributed by atoms with van der Waals surface area (Å²) in [6, 6.07) is 10.6. The van der Waals surface area contributed by atoms with E-state index in [0.717, 1.165) is 18.4 Å². The summed E-state index contributed by atoms with van der Waals surface area (Å²) >= 11 is 1.37. The van der Waals surface area contributed by atoms with E-state index >= 15 is 0 Å². The minimum Gasteiger partial charge on any atom is -0.340 e. The lowest BCUT2D eigenvalue weighted by molar-refractivity contribution is -0.132. The van der Waals surface area contributed by atoms with Gasteiger partial charge in [0.25, 0.3) is 0 Å². The molecule has 3 rings (SSSR count). The summed E-state index contributed by atoms with van der Waals surface area (Å²) < 4.78 is 27.1. The molecule has 0 radical (unpaired) electrons. The standard InChI is InChI=1S/C21H26N2O4S2/c1-2-4-17-6-8-18(9-7-17)29(26,27)23-14-12-22(13-15-23)21(25)11-10-19(24)20-5-3-16-28-20/h3,5-9,16H,2,4,10-15H2,1H3. The molecule has 1 fully saturated rings. The van der Waals surface area contributed by atoms with Crippen LogP contribution in [0.4, 0.5) is 0 Å². The number of hydrogen-bond acceptors (Lipinski definition) is 5. The van der Waals surface area contributed by atoms with Gasteiger partial charge in [0.1, 0.15) is 0 Å². The second-order valence-electron chi connectivity index (χ2n) is 7.08. The number of amides is 1. The summed E-state index contributed by atoms with van der Waals surface area (Å²) in [5.41, 5.74) is 1.12. The number of aryl methyl sites for hydroxylation is 1. The molecular formula is C21H26N2O4S2.